The lowest BCUT2D eigenvalue weighted by molar-refractivity contribution is -0.123. The summed E-state index contributed by atoms with van der Waals surface area (Å²) < 4.78 is 6.97. The van der Waals surface area contributed by atoms with E-state index in [1.807, 2.05) is 11.6 Å². The van der Waals surface area contributed by atoms with Crippen LogP contribution in [0.15, 0.2) is 24.7 Å². The fraction of sp³-hybridized carbons (Fsp3) is 0.412. The Hall–Kier alpha value is -2.90. The van der Waals surface area contributed by atoms with Gasteiger partial charge >= 0.3 is 0 Å². The number of hydrogen-bond donors (Lipinski definition) is 2. The van der Waals surface area contributed by atoms with Gasteiger partial charge in [0.05, 0.1) is 37.4 Å². The molecule has 1 aliphatic heterocycles. The van der Waals surface area contributed by atoms with Gasteiger partial charge < -0.3 is 19.9 Å². The van der Waals surface area contributed by atoms with E-state index in [4.69, 9.17) is 4.74 Å². The van der Waals surface area contributed by atoms with Crippen LogP contribution >= 0.6 is 0 Å². The van der Waals surface area contributed by atoms with Crippen LogP contribution in [0.2, 0.25) is 0 Å². The molecule has 2 aromatic rings. The van der Waals surface area contributed by atoms with Gasteiger partial charge in [-0.05, 0) is 19.4 Å². The monoisotopic (exact) mass is 343 g/mol. The molecule has 0 saturated carbocycles. The average Bonchev–Trinajstić information content (AvgIpc) is 3.01. The van der Waals surface area contributed by atoms with E-state index in [0.29, 0.717) is 30.0 Å². The maximum absolute atomic E-state index is 12.7. The van der Waals surface area contributed by atoms with Crippen LogP contribution in [-0.4, -0.2) is 39.5 Å². The second-order valence-corrected chi connectivity index (χ2v) is 6.13. The van der Waals surface area contributed by atoms with E-state index in [0.717, 1.165) is 5.69 Å². The predicted molar refractivity (Wildman–Crippen MR) is 90.1 cm³/mol. The molecule has 0 bridgehead atoms. The summed E-state index contributed by atoms with van der Waals surface area (Å²) in [5, 5.41) is 5.97. The van der Waals surface area contributed by atoms with Gasteiger partial charge in [0, 0.05) is 30.8 Å². The van der Waals surface area contributed by atoms with Crippen molar-refractivity contribution in [2.75, 3.05) is 7.11 Å². The van der Waals surface area contributed by atoms with Crippen molar-refractivity contribution in [3.8, 4) is 5.88 Å². The number of rotatable bonds is 4. The molecule has 2 N–H and O–H groups in total. The first-order valence-corrected chi connectivity index (χ1v) is 8.07. The zero-order valence-electron chi connectivity index (χ0n) is 14.4. The van der Waals surface area contributed by atoms with Crippen molar-refractivity contribution < 1.29 is 14.3 Å². The average molecular weight is 343 g/mol. The molecule has 0 aliphatic carbocycles. The van der Waals surface area contributed by atoms with Gasteiger partial charge in [0.15, 0.2) is 0 Å². The minimum atomic E-state index is -0.317. The number of aromatic nitrogens is 3. The molecular formula is C17H21N5O3. The van der Waals surface area contributed by atoms with Crippen LogP contribution in [0.5, 0.6) is 5.88 Å². The van der Waals surface area contributed by atoms with E-state index < -0.39 is 0 Å². The van der Waals surface area contributed by atoms with Crippen molar-refractivity contribution in [1.82, 2.24) is 25.2 Å². The number of piperidine rings is 1. The van der Waals surface area contributed by atoms with Crippen molar-refractivity contribution in [3.63, 3.8) is 0 Å². The number of ether oxygens (including phenoxy) is 1. The minimum Gasteiger partial charge on any atom is -0.481 e. The Kier molecular flexibility index (Phi) is 4.69. The Morgan fingerprint density at radius 1 is 1.44 bits per heavy atom. The number of carbonyl (C=O) groups excluding carboxylic acids is 2. The molecule has 132 valence electrons. The van der Waals surface area contributed by atoms with Crippen molar-refractivity contribution in [3.05, 3.63) is 41.6 Å². The quantitative estimate of drug-likeness (QED) is 0.859. The van der Waals surface area contributed by atoms with Crippen molar-refractivity contribution in [2.24, 2.45) is 7.05 Å². The number of nitrogens with one attached hydrogen (secondary N) is 2. The molecule has 1 aliphatic rings. The molecule has 8 heteroatoms. The number of pyridine rings is 1. The van der Waals surface area contributed by atoms with Gasteiger partial charge in [-0.3, -0.25) is 9.59 Å². The van der Waals surface area contributed by atoms with Crippen molar-refractivity contribution >= 4 is 11.8 Å². The Balaban J connectivity index is 1.82. The molecule has 2 amide bonds. The lowest BCUT2D eigenvalue weighted by Crippen LogP contribution is -2.50. The zero-order valence-corrected chi connectivity index (χ0v) is 14.4. The van der Waals surface area contributed by atoms with Crippen molar-refractivity contribution in [2.45, 2.75) is 31.8 Å². The summed E-state index contributed by atoms with van der Waals surface area (Å²) >= 11 is 0. The van der Waals surface area contributed by atoms with Crippen LogP contribution in [-0.2, 0) is 11.8 Å². The molecule has 2 aromatic heterocycles. The van der Waals surface area contributed by atoms with E-state index >= 15 is 0 Å². The maximum atomic E-state index is 12.7. The molecule has 0 spiro atoms. The number of methoxy groups -OCH3 is 1. The zero-order chi connectivity index (χ0) is 18.0. The molecule has 0 aromatic carbocycles. The first-order chi connectivity index (χ1) is 12.0. The van der Waals surface area contributed by atoms with Crippen LogP contribution in [0.25, 0.3) is 0 Å². The van der Waals surface area contributed by atoms with E-state index in [2.05, 4.69) is 20.6 Å². The van der Waals surface area contributed by atoms with Gasteiger partial charge in [-0.15, -0.1) is 0 Å². The highest BCUT2D eigenvalue weighted by Crippen LogP contribution is 2.24. The van der Waals surface area contributed by atoms with Gasteiger partial charge in [0.1, 0.15) is 0 Å². The maximum Gasteiger partial charge on any atom is 0.251 e. The molecule has 8 nitrogen and oxygen atoms in total. The normalized spacial score (nSPS) is 20.0. The third-order valence-corrected chi connectivity index (χ3v) is 4.29. The molecule has 3 heterocycles. The van der Waals surface area contributed by atoms with Crippen molar-refractivity contribution in [1.29, 1.82) is 0 Å². The molecule has 1 fully saturated rings. The summed E-state index contributed by atoms with van der Waals surface area (Å²) in [6.07, 6.45) is 4.31. The van der Waals surface area contributed by atoms with Crippen LogP contribution in [0.1, 0.15) is 40.6 Å². The standard InChI is InChI=1S/C17H21N5O3/c1-10-6-11(7-15(19-10)25-3)17(24)20-12-4-5-14(23)21-16(12)13-8-18-9-22(13)2/h6-9,12,16H,4-5H2,1-3H3,(H,20,24)(H,21,23)/t12-,16-/m1/s1. The fourth-order valence-corrected chi connectivity index (χ4v) is 3.03. The Morgan fingerprint density at radius 2 is 2.24 bits per heavy atom. The summed E-state index contributed by atoms with van der Waals surface area (Å²) in [6.45, 7) is 1.80. The molecule has 25 heavy (non-hydrogen) atoms. The van der Waals surface area contributed by atoms with E-state index in [1.165, 1.54) is 7.11 Å². The Bertz CT molecular complexity index is 801. The molecular weight excluding hydrogens is 322 g/mol. The molecule has 2 atom stereocenters. The second-order valence-electron chi connectivity index (χ2n) is 6.13. The Labute approximate surface area is 145 Å². The number of aryl methyl sites for hydroxylation is 2. The lowest BCUT2D eigenvalue weighted by Gasteiger charge is -2.33. The number of carbonyl (C=O) groups is 2. The molecule has 0 unspecified atom stereocenters. The summed E-state index contributed by atoms with van der Waals surface area (Å²) in [6, 6.07) is 2.77. The van der Waals surface area contributed by atoms with Crippen LogP contribution in [0, 0.1) is 6.92 Å². The fourth-order valence-electron chi connectivity index (χ4n) is 3.03. The van der Waals surface area contributed by atoms with Gasteiger partial charge in [-0.25, -0.2) is 9.97 Å². The van der Waals surface area contributed by atoms with Gasteiger partial charge in [-0.1, -0.05) is 0 Å². The number of amides is 2. The third-order valence-electron chi connectivity index (χ3n) is 4.29. The predicted octanol–water partition coefficient (Wildman–Crippen LogP) is 0.882. The number of hydrogen-bond acceptors (Lipinski definition) is 5. The SMILES string of the molecule is COc1cc(C(=O)N[C@@H]2CCC(=O)N[C@H]2c2cncn2C)cc(C)n1. The van der Waals surface area contributed by atoms with Gasteiger partial charge in [0.2, 0.25) is 11.8 Å². The highest BCUT2D eigenvalue weighted by atomic mass is 16.5. The Morgan fingerprint density at radius 3 is 2.92 bits per heavy atom. The van der Waals surface area contributed by atoms with E-state index in [9.17, 15) is 9.59 Å². The van der Waals surface area contributed by atoms with Gasteiger partial charge in [-0.2, -0.15) is 0 Å². The second kappa shape index (κ2) is 6.92. The summed E-state index contributed by atoms with van der Waals surface area (Å²) in [5.41, 5.74) is 2.02. The summed E-state index contributed by atoms with van der Waals surface area (Å²) in [5.74, 6) is 0.139. The molecule has 0 radical (unpaired) electrons. The first kappa shape index (κ1) is 16.9. The highest BCUT2D eigenvalue weighted by molar-refractivity contribution is 5.95. The molecule has 1 saturated heterocycles. The summed E-state index contributed by atoms with van der Waals surface area (Å²) in [4.78, 5) is 32.8. The van der Waals surface area contributed by atoms with Gasteiger partial charge in [0.25, 0.3) is 5.91 Å². The first-order valence-electron chi connectivity index (χ1n) is 8.07. The van der Waals surface area contributed by atoms with E-state index in [-0.39, 0.29) is 23.9 Å². The van der Waals surface area contributed by atoms with Crippen LogP contribution < -0.4 is 15.4 Å². The van der Waals surface area contributed by atoms with Crippen LogP contribution in [0.4, 0.5) is 0 Å². The lowest BCUT2D eigenvalue weighted by atomic mass is 9.95. The topological polar surface area (TPSA) is 98.1 Å². The van der Waals surface area contributed by atoms with E-state index in [1.54, 1.807) is 31.6 Å². The number of nitrogens with zero attached hydrogens (tertiary/aromatic N) is 3. The third kappa shape index (κ3) is 3.62. The smallest absolute Gasteiger partial charge is 0.251 e. The number of imidazole rings is 1. The molecule has 3 rings (SSSR count). The van der Waals surface area contributed by atoms with Crippen LogP contribution in [0.3, 0.4) is 0 Å². The summed E-state index contributed by atoms with van der Waals surface area (Å²) in [7, 11) is 3.37. The largest absolute Gasteiger partial charge is 0.481 e. The highest BCUT2D eigenvalue weighted by Gasteiger charge is 2.33. The minimum absolute atomic E-state index is 0.0295.